The van der Waals surface area contributed by atoms with Crippen molar-refractivity contribution in [3.8, 4) is 0 Å². The van der Waals surface area contributed by atoms with Crippen LogP contribution >= 0.6 is 0 Å². The maximum absolute atomic E-state index is 13.7. The zero-order chi connectivity index (χ0) is 16.9. The molecule has 0 spiro atoms. The molecule has 0 unspecified atom stereocenters. The lowest BCUT2D eigenvalue weighted by atomic mass is 10.1. The van der Waals surface area contributed by atoms with E-state index in [1.54, 1.807) is 12.3 Å². The Hall–Kier alpha value is -2.50. The number of carbonyl (C=O) groups is 1. The van der Waals surface area contributed by atoms with E-state index in [0.717, 1.165) is 49.4 Å². The van der Waals surface area contributed by atoms with Crippen LogP contribution in [0.25, 0.3) is 0 Å². The standard InChI is InChI=1S/C18H19F2N3O/c19-14-7-4-8-15(20)16(14)18(24)22-12-13-6-5-9-21-17(13)23-10-2-1-3-11-23/h4-9H,1-3,10-12H2,(H,22,24). The van der Waals surface area contributed by atoms with Crippen molar-refractivity contribution in [3.63, 3.8) is 0 Å². The quantitative estimate of drug-likeness (QED) is 0.935. The van der Waals surface area contributed by atoms with Crippen LogP contribution in [0.2, 0.25) is 0 Å². The Morgan fingerprint density at radius 1 is 1.08 bits per heavy atom. The fourth-order valence-corrected chi connectivity index (χ4v) is 2.94. The van der Waals surface area contributed by atoms with Crippen molar-refractivity contribution in [2.75, 3.05) is 18.0 Å². The SMILES string of the molecule is O=C(NCc1cccnc1N1CCCCC1)c1c(F)cccc1F. The fraction of sp³-hybridized carbons (Fsp3) is 0.333. The molecule has 4 nitrogen and oxygen atoms in total. The molecule has 1 saturated heterocycles. The van der Waals surface area contributed by atoms with Crippen molar-refractivity contribution in [2.45, 2.75) is 25.8 Å². The summed E-state index contributed by atoms with van der Waals surface area (Å²) in [6, 6.07) is 7.03. The molecular weight excluding hydrogens is 312 g/mol. The summed E-state index contributed by atoms with van der Waals surface area (Å²) in [5.41, 5.74) is 0.283. The molecule has 0 aliphatic carbocycles. The van der Waals surface area contributed by atoms with E-state index in [0.29, 0.717) is 0 Å². The minimum Gasteiger partial charge on any atom is -0.356 e. The molecule has 1 aliphatic heterocycles. The molecule has 0 bridgehead atoms. The van der Waals surface area contributed by atoms with Crippen LogP contribution in [0.1, 0.15) is 35.2 Å². The Bertz CT molecular complexity index is 710. The average molecular weight is 331 g/mol. The molecule has 1 aliphatic rings. The molecule has 1 fully saturated rings. The first-order valence-electron chi connectivity index (χ1n) is 8.08. The number of hydrogen-bond acceptors (Lipinski definition) is 3. The van der Waals surface area contributed by atoms with E-state index in [1.165, 1.54) is 12.5 Å². The molecule has 1 amide bonds. The fourth-order valence-electron chi connectivity index (χ4n) is 2.94. The maximum Gasteiger partial charge on any atom is 0.257 e. The van der Waals surface area contributed by atoms with E-state index in [9.17, 15) is 13.6 Å². The number of aromatic nitrogens is 1. The Labute approximate surface area is 139 Å². The first kappa shape index (κ1) is 16.4. The highest BCUT2D eigenvalue weighted by Gasteiger charge is 2.19. The van der Waals surface area contributed by atoms with Gasteiger partial charge in [-0.05, 0) is 37.5 Å². The molecule has 1 aromatic carbocycles. The van der Waals surface area contributed by atoms with Crippen molar-refractivity contribution < 1.29 is 13.6 Å². The smallest absolute Gasteiger partial charge is 0.257 e. The van der Waals surface area contributed by atoms with Crippen LogP contribution in [0.4, 0.5) is 14.6 Å². The number of hydrogen-bond donors (Lipinski definition) is 1. The van der Waals surface area contributed by atoms with Gasteiger partial charge in [-0.15, -0.1) is 0 Å². The monoisotopic (exact) mass is 331 g/mol. The van der Waals surface area contributed by atoms with Crippen LogP contribution < -0.4 is 10.2 Å². The number of nitrogens with zero attached hydrogens (tertiary/aromatic N) is 2. The number of pyridine rings is 1. The largest absolute Gasteiger partial charge is 0.356 e. The number of rotatable bonds is 4. The van der Waals surface area contributed by atoms with Gasteiger partial charge in [0.1, 0.15) is 23.0 Å². The van der Waals surface area contributed by atoms with E-state index >= 15 is 0 Å². The van der Waals surface area contributed by atoms with E-state index in [2.05, 4.69) is 15.2 Å². The normalized spacial score (nSPS) is 14.5. The Balaban J connectivity index is 1.74. The molecule has 1 N–H and O–H groups in total. The number of anilines is 1. The van der Waals surface area contributed by atoms with Gasteiger partial charge in [-0.25, -0.2) is 13.8 Å². The zero-order valence-corrected chi connectivity index (χ0v) is 13.3. The second-order valence-electron chi connectivity index (χ2n) is 5.81. The van der Waals surface area contributed by atoms with E-state index in [4.69, 9.17) is 0 Å². The van der Waals surface area contributed by atoms with Crippen molar-refractivity contribution >= 4 is 11.7 Å². The van der Waals surface area contributed by atoms with Gasteiger partial charge in [0.25, 0.3) is 5.91 Å². The maximum atomic E-state index is 13.7. The third-order valence-corrected chi connectivity index (χ3v) is 4.15. The lowest BCUT2D eigenvalue weighted by Gasteiger charge is -2.29. The minimum absolute atomic E-state index is 0.173. The molecule has 2 heterocycles. The molecule has 1 aromatic heterocycles. The van der Waals surface area contributed by atoms with Crippen molar-refractivity contribution in [1.29, 1.82) is 0 Å². The molecule has 6 heteroatoms. The van der Waals surface area contributed by atoms with Crippen LogP contribution in [0.3, 0.4) is 0 Å². The van der Waals surface area contributed by atoms with Gasteiger partial charge in [0.15, 0.2) is 0 Å². The van der Waals surface area contributed by atoms with Gasteiger partial charge in [0.2, 0.25) is 0 Å². The summed E-state index contributed by atoms with van der Waals surface area (Å²) in [5.74, 6) is -1.67. The van der Waals surface area contributed by atoms with Crippen LogP contribution in [-0.4, -0.2) is 24.0 Å². The number of piperidine rings is 1. The highest BCUT2D eigenvalue weighted by atomic mass is 19.1. The summed E-state index contributed by atoms with van der Waals surface area (Å²) < 4.78 is 27.4. The summed E-state index contributed by atoms with van der Waals surface area (Å²) in [7, 11) is 0. The molecule has 24 heavy (non-hydrogen) atoms. The van der Waals surface area contributed by atoms with Crippen LogP contribution in [-0.2, 0) is 6.54 Å². The highest BCUT2D eigenvalue weighted by molar-refractivity contribution is 5.94. The van der Waals surface area contributed by atoms with E-state index < -0.39 is 23.1 Å². The molecular formula is C18H19F2N3O. The predicted octanol–water partition coefficient (Wildman–Crippen LogP) is 3.28. The van der Waals surface area contributed by atoms with Gasteiger partial charge in [0.05, 0.1) is 0 Å². The topological polar surface area (TPSA) is 45.2 Å². The summed E-state index contributed by atoms with van der Waals surface area (Å²) in [6.07, 6.45) is 5.15. The van der Waals surface area contributed by atoms with Crippen LogP contribution in [0, 0.1) is 11.6 Å². The van der Waals surface area contributed by atoms with Crippen molar-refractivity contribution in [2.24, 2.45) is 0 Å². The number of amides is 1. The summed E-state index contributed by atoms with van der Waals surface area (Å²) >= 11 is 0. The number of halogens is 2. The number of carbonyl (C=O) groups excluding carboxylic acids is 1. The molecule has 0 radical (unpaired) electrons. The summed E-state index contributed by atoms with van der Waals surface area (Å²) in [5, 5.41) is 2.59. The summed E-state index contributed by atoms with van der Waals surface area (Å²) in [6.45, 7) is 2.03. The first-order valence-corrected chi connectivity index (χ1v) is 8.08. The highest BCUT2D eigenvalue weighted by Crippen LogP contribution is 2.21. The molecule has 0 saturated carbocycles. The van der Waals surface area contributed by atoms with Gasteiger partial charge < -0.3 is 10.2 Å². The van der Waals surface area contributed by atoms with Gasteiger partial charge in [-0.3, -0.25) is 4.79 Å². The minimum atomic E-state index is -0.866. The van der Waals surface area contributed by atoms with Crippen LogP contribution in [0.15, 0.2) is 36.5 Å². The van der Waals surface area contributed by atoms with E-state index in [1.807, 2.05) is 6.07 Å². The summed E-state index contributed by atoms with van der Waals surface area (Å²) in [4.78, 5) is 18.7. The molecule has 126 valence electrons. The molecule has 0 atom stereocenters. The van der Waals surface area contributed by atoms with Crippen molar-refractivity contribution in [3.05, 3.63) is 59.3 Å². The lowest BCUT2D eigenvalue weighted by molar-refractivity contribution is 0.0942. The Morgan fingerprint density at radius 2 is 1.79 bits per heavy atom. The van der Waals surface area contributed by atoms with Gasteiger partial charge in [-0.1, -0.05) is 12.1 Å². The number of benzene rings is 1. The third kappa shape index (κ3) is 3.53. The second-order valence-corrected chi connectivity index (χ2v) is 5.81. The Kier molecular flexibility index (Phi) is 5.03. The van der Waals surface area contributed by atoms with Gasteiger partial charge >= 0.3 is 0 Å². The first-order chi connectivity index (χ1) is 11.7. The second kappa shape index (κ2) is 7.38. The van der Waals surface area contributed by atoms with E-state index in [-0.39, 0.29) is 6.54 Å². The van der Waals surface area contributed by atoms with Gasteiger partial charge in [0, 0.05) is 31.4 Å². The number of nitrogens with one attached hydrogen (secondary N) is 1. The lowest BCUT2D eigenvalue weighted by Crippen LogP contribution is -2.32. The third-order valence-electron chi connectivity index (χ3n) is 4.15. The van der Waals surface area contributed by atoms with Gasteiger partial charge in [-0.2, -0.15) is 0 Å². The Morgan fingerprint density at radius 3 is 2.50 bits per heavy atom. The van der Waals surface area contributed by atoms with Crippen molar-refractivity contribution in [1.82, 2.24) is 10.3 Å². The zero-order valence-electron chi connectivity index (χ0n) is 13.3. The van der Waals surface area contributed by atoms with Crippen LogP contribution in [0.5, 0.6) is 0 Å². The average Bonchev–Trinajstić information content (AvgIpc) is 2.61. The molecule has 3 rings (SSSR count). The molecule has 2 aromatic rings. The predicted molar refractivity (Wildman–Crippen MR) is 87.8 cm³/mol.